The number of pyridine rings is 1. The van der Waals surface area contributed by atoms with Gasteiger partial charge in [0.2, 0.25) is 15.0 Å². The average molecular weight is 209 g/mol. The molecule has 0 N–H and O–H groups in total. The molecule has 5 nitrogen and oxygen atoms in total. The number of hydrogen-bond donors (Lipinski definition) is 0. The molecule has 0 bridgehead atoms. The molecule has 0 aliphatic rings. The maximum Gasteiger partial charge on any atom is 0.247 e. The minimum absolute atomic E-state index is 0.156. The smallest absolute Gasteiger partial charge is 0.247 e. The Morgan fingerprint density at radius 1 is 1.29 bits per heavy atom. The summed E-state index contributed by atoms with van der Waals surface area (Å²) in [4.78, 5) is 11.5. The Labute approximate surface area is 80.8 Å². The first-order valence-electron chi connectivity index (χ1n) is 3.84. The first-order valence-corrected chi connectivity index (χ1v) is 5.73. The second-order valence-corrected chi connectivity index (χ2v) is 4.77. The maximum atomic E-state index is 11.1. The van der Waals surface area contributed by atoms with Crippen molar-refractivity contribution in [3.63, 3.8) is 0 Å². The van der Waals surface area contributed by atoms with Crippen molar-refractivity contribution in [1.82, 2.24) is 15.0 Å². The number of rotatable bonds is 1. The topological polar surface area (TPSA) is 72.8 Å². The Balaban J connectivity index is 2.75. The van der Waals surface area contributed by atoms with Crippen LogP contribution in [0.2, 0.25) is 0 Å². The second-order valence-electron chi connectivity index (χ2n) is 2.86. The average Bonchev–Trinajstić information content (AvgIpc) is 2.16. The van der Waals surface area contributed by atoms with Gasteiger partial charge in [-0.05, 0) is 6.07 Å². The van der Waals surface area contributed by atoms with Crippen LogP contribution in [-0.4, -0.2) is 29.6 Å². The molecule has 6 heteroatoms. The van der Waals surface area contributed by atoms with Crippen LogP contribution in [0.3, 0.4) is 0 Å². The van der Waals surface area contributed by atoms with Gasteiger partial charge in [0.05, 0.1) is 5.52 Å². The summed E-state index contributed by atoms with van der Waals surface area (Å²) in [6.07, 6.45) is 5.67. The van der Waals surface area contributed by atoms with Crippen molar-refractivity contribution in [2.45, 2.75) is 5.16 Å². The van der Waals surface area contributed by atoms with Gasteiger partial charge in [0.1, 0.15) is 0 Å². The number of nitrogens with zero attached hydrogens (tertiary/aromatic N) is 3. The number of aromatic nitrogens is 3. The summed E-state index contributed by atoms with van der Waals surface area (Å²) in [7, 11) is -3.34. The molecule has 0 saturated carbocycles. The Morgan fingerprint density at radius 3 is 2.79 bits per heavy atom. The SMILES string of the molecule is CS(=O)(=O)c1ncc2cnccc2n1. The van der Waals surface area contributed by atoms with Crippen LogP contribution in [0.1, 0.15) is 0 Å². The largest absolute Gasteiger partial charge is 0.264 e. The van der Waals surface area contributed by atoms with Crippen molar-refractivity contribution in [2.75, 3.05) is 6.26 Å². The van der Waals surface area contributed by atoms with E-state index in [9.17, 15) is 8.42 Å². The first-order chi connectivity index (χ1) is 6.57. The van der Waals surface area contributed by atoms with Gasteiger partial charge in [-0.2, -0.15) is 0 Å². The van der Waals surface area contributed by atoms with Crippen molar-refractivity contribution >= 4 is 20.7 Å². The van der Waals surface area contributed by atoms with Crippen molar-refractivity contribution in [3.8, 4) is 0 Å². The Morgan fingerprint density at radius 2 is 2.07 bits per heavy atom. The van der Waals surface area contributed by atoms with Crippen molar-refractivity contribution < 1.29 is 8.42 Å². The van der Waals surface area contributed by atoms with E-state index in [-0.39, 0.29) is 5.16 Å². The van der Waals surface area contributed by atoms with Crippen LogP contribution < -0.4 is 0 Å². The molecule has 2 rings (SSSR count). The minimum Gasteiger partial charge on any atom is -0.264 e. The van der Waals surface area contributed by atoms with Gasteiger partial charge in [-0.1, -0.05) is 0 Å². The molecular weight excluding hydrogens is 202 g/mol. The highest BCUT2D eigenvalue weighted by Gasteiger charge is 2.10. The monoisotopic (exact) mass is 209 g/mol. The van der Waals surface area contributed by atoms with Crippen molar-refractivity contribution in [2.24, 2.45) is 0 Å². The predicted molar refractivity (Wildman–Crippen MR) is 50.4 cm³/mol. The summed E-state index contributed by atoms with van der Waals surface area (Å²) in [5.41, 5.74) is 0.579. The number of sulfone groups is 1. The van der Waals surface area contributed by atoms with Crippen LogP contribution >= 0.6 is 0 Å². The lowest BCUT2D eigenvalue weighted by molar-refractivity contribution is 0.594. The third kappa shape index (κ3) is 1.56. The molecule has 2 aromatic heterocycles. The van der Waals surface area contributed by atoms with Gasteiger partial charge >= 0.3 is 0 Å². The standard InChI is InChI=1S/C8H7N3O2S/c1-14(12,13)8-10-5-6-4-9-3-2-7(6)11-8/h2-5H,1H3. The zero-order valence-corrected chi connectivity index (χ0v) is 8.19. The molecule has 0 saturated heterocycles. The summed E-state index contributed by atoms with van der Waals surface area (Å²) in [5, 5.41) is 0.566. The molecule has 0 aliphatic carbocycles. The lowest BCUT2D eigenvalue weighted by atomic mass is 10.3. The first kappa shape index (κ1) is 9.01. The van der Waals surface area contributed by atoms with Crippen LogP contribution in [-0.2, 0) is 9.84 Å². The lowest BCUT2D eigenvalue weighted by Crippen LogP contribution is -2.03. The second kappa shape index (κ2) is 2.98. The van der Waals surface area contributed by atoms with Gasteiger partial charge in [-0.25, -0.2) is 18.4 Å². The van der Waals surface area contributed by atoms with Crippen LogP contribution in [0.4, 0.5) is 0 Å². The van der Waals surface area contributed by atoms with Gasteiger partial charge < -0.3 is 0 Å². The van der Waals surface area contributed by atoms with Crippen molar-refractivity contribution in [3.05, 3.63) is 24.7 Å². The fraction of sp³-hybridized carbons (Fsp3) is 0.125. The molecule has 0 amide bonds. The highest BCUT2D eigenvalue weighted by Crippen LogP contribution is 2.10. The molecule has 0 fully saturated rings. The summed E-state index contributed by atoms with van der Waals surface area (Å²) in [6, 6.07) is 1.64. The minimum atomic E-state index is -3.34. The van der Waals surface area contributed by atoms with E-state index in [0.717, 1.165) is 11.6 Å². The highest BCUT2D eigenvalue weighted by molar-refractivity contribution is 7.90. The number of hydrogen-bond acceptors (Lipinski definition) is 5. The molecule has 14 heavy (non-hydrogen) atoms. The normalized spacial score (nSPS) is 11.8. The number of fused-ring (bicyclic) bond motifs is 1. The van der Waals surface area contributed by atoms with E-state index in [1.165, 1.54) is 6.20 Å². The Hall–Kier alpha value is -1.56. The molecule has 0 aliphatic heterocycles. The van der Waals surface area contributed by atoms with Gasteiger partial charge in [0, 0.05) is 30.2 Å². The third-order valence-corrected chi connectivity index (χ3v) is 2.55. The fourth-order valence-electron chi connectivity index (χ4n) is 1.04. The van der Waals surface area contributed by atoms with Crippen LogP contribution in [0.25, 0.3) is 10.9 Å². The van der Waals surface area contributed by atoms with Gasteiger partial charge in [0.15, 0.2) is 0 Å². The van der Waals surface area contributed by atoms with E-state index in [1.54, 1.807) is 18.5 Å². The zero-order valence-electron chi connectivity index (χ0n) is 7.38. The summed E-state index contributed by atoms with van der Waals surface area (Å²) >= 11 is 0. The molecule has 0 spiro atoms. The van der Waals surface area contributed by atoms with E-state index in [4.69, 9.17) is 0 Å². The van der Waals surface area contributed by atoms with E-state index < -0.39 is 9.84 Å². The molecule has 0 aromatic carbocycles. The van der Waals surface area contributed by atoms with Gasteiger partial charge in [-0.3, -0.25) is 4.98 Å². The van der Waals surface area contributed by atoms with E-state index in [2.05, 4.69) is 15.0 Å². The summed E-state index contributed by atoms with van der Waals surface area (Å²) in [6.45, 7) is 0. The van der Waals surface area contributed by atoms with Crippen LogP contribution in [0.5, 0.6) is 0 Å². The molecule has 72 valence electrons. The predicted octanol–water partition coefficient (Wildman–Crippen LogP) is 0.428. The Kier molecular flexibility index (Phi) is 1.92. The van der Waals surface area contributed by atoms with Crippen LogP contribution in [0, 0.1) is 0 Å². The zero-order chi connectivity index (χ0) is 10.2. The van der Waals surface area contributed by atoms with E-state index in [0.29, 0.717) is 5.52 Å². The third-order valence-electron chi connectivity index (χ3n) is 1.69. The molecule has 2 heterocycles. The highest BCUT2D eigenvalue weighted by atomic mass is 32.2. The van der Waals surface area contributed by atoms with E-state index >= 15 is 0 Å². The fourth-order valence-corrected chi connectivity index (χ4v) is 1.54. The molecule has 2 aromatic rings. The summed E-state index contributed by atoms with van der Waals surface area (Å²) in [5.74, 6) is 0. The summed E-state index contributed by atoms with van der Waals surface area (Å²) < 4.78 is 22.3. The molecule has 0 atom stereocenters. The van der Waals surface area contributed by atoms with Gasteiger partial charge in [-0.15, -0.1) is 0 Å². The lowest BCUT2D eigenvalue weighted by Gasteiger charge is -1.98. The van der Waals surface area contributed by atoms with Crippen molar-refractivity contribution in [1.29, 1.82) is 0 Å². The van der Waals surface area contributed by atoms with Gasteiger partial charge in [0.25, 0.3) is 0 Å². The molecule has 0 radical (unpaired) electrons. The maximum absolute atomic E-state index is 11.1. The quantitative estimate of drug-likeness (QED) is 0.637. The van der Waals surface area contributed by atoms with Crippen LogP contribution in [0.15, 0.2) is 29.8 Å². The van der Waals surface area contributed by atoms with E-state index in [1.807, 2.05) is 0 Å². The molecular formula is C8H7N3O2S. The Bertz CT molecular complexity index is 580. The molecule has 0 unspecified atom stereocenters.